The molecule has 0 bridgehead atoms. The maximum atomic E-state index is 13.6. The molecule has 0 saturated heterocycles. The monoisotopic (exact) mass is 659 g/mol. The van der Waals surface area contributed by atoms with Gasteiger partial charge in [-0.05, 0) is 76.9 Å². The van der Waals surface area contributed by atoms with Crippen LogP contribution >= 0.6 is 0 Å². The average molecular weight is 660 g/mol. The highest BCUT2D eigenvalue weighted by atomic mass is 19.4. The highest BCUT2D eigenvalue weighted by molar-refractivity contribution is 6.08. The molecule has 2 amide bonds. The van der Waals surface area contributed by atoms with Crippen LogP contribution in [-0.4, -0.2) is 33.7 Å². The number of nitrogens with one attached hydrogen (secondary N) is 2. The number of fused-ring (bicyclic) bond motifs is 1. The fraction of sp³-hybridized carbons (Fsp3) is 0.128. The molecular formula is C39H32F3N5O2. The number of pyridine rings is 2. The minimum Gasteiger partial charge on any atom is -0.340 e. The van der Waals surface area contributed by atoms with Gasteiger partial charge in [-0.15, -0.1) is 0 Å². The van der Waals surface area contributed by atoms with Crippen molar-refractivity contribution in [1.82, 2.24) is 20.2 Å². The maximum absolute atomic E-state index is 13.6. The standard InChI is InChI=1S/C39H32F3N5O2/c1-47(25-26-9-3-2-4-10-26)38(49)36(34-13-7-8-22-43-34)44-24-27-14-20-33-29(23-27)17-21-35(45-33)46-37(48)32-12-6-5-11-31(32)28-15-18-30(19-16-28)39(40,41)42/h2-23,36,44H,24-25H2,1H3,(H,45,46,48)/t36-/m0/s1. The first-order valence-electron chi connectivity index (χ1n) is 15.6. The first kappa shape index (κ1) is 33.0. The Hall–Kier alpha value is -5.87. The van der Waals surface area contributed by atoms with Crippen LogP contribution in [0.15, 0.2) is 134 Å². The average Bonchev–Trinajstić information content (AvgIpc) is 3.12. The zero-order valence-electron chi connectivity index (χ0n) is 26.5. The zero-order chi connectivity index (χ0) is 34.4. The molecule has 2 aromatic heterocycles. The van der Waals surface area contributed by atoms with E-state index in [1.54, 1.807) is 48.5 Å². The number of carbonyl (C=O) groups is 2. The molecule has 0 aliphatic carbocycles. The summed E-state index contributed by atoms with van der Waals surface area (Å²) in [6.07, 6.45) is -2.78. The largest absolute Gasteiger partial charge is 0.416 e. The van der Waals surface area contributed by atoms with Gasteiger partial charge in [0.2, 0.25) is 5.91 Å². The smallest absolute Gasteiger partial charge is 0.340 e. The van der Waals surface area contributed by atoms with Gasteiger partial charge in [0.05, 0.1) is 16.8 Å². The number of hydrogen-bond acceptors (Lipinski definition) is 5. The van der Waals surface area contributed by atoms with Gasteiger partial charge in [-0.3, -0.25) is 19.9 Å². The number of amides is 2. The molecule has 6 rings (SSSR count). The molecule has 6 aromatic rings. The molecule has 49 heavy (non-hydrogen) atoms. The highest BCUT2D eigenvalue weighted by Crippen LogP contribution is 2.32. The fourth-order valence-electron chi connectivity index (χ4n) is 5.55. The molecule has 0 unspecified atom stereocenters. The molecule has 0 aliphatic heterocycles. The molecule has 10 heteroatoms. The van der Waals surface area contributed by atoms with Crippen molar-refractivity contribution < 1.29 is 22.8 Å². The number of rotatable bonds is 10. The lowest BCUT2D eigenvalue weighted by molar-refractivity contribution is -0.137. The summed E-state index contributed by atoms with van der Waals surface area (Å²) in [5.41, 5.74) is 3.76. The summed E-state index contributed by atoms with van der Waals surface area (Å²) in [6.45, 7) is 0.854. The third-order valence-electron chi connectivity index (χ3n) is 8.07. The van der Waals surface area contributed by atoms with Crippen LogP contribution in [-0.2, 0) is 24.1 Å². The number of anilines is 1. The molecule has 0 aliphatic rings. The van der Waals surface area contributed by atoms with Gasteiger partial charge in [0.1, 0.15) is 11.9 Å². The normalized spacial score (nSPS) is 12.0. The van der Waals surface area contributed by atoms with Crippen molar-refractivity contribution >= 4 is 28.5 Å². The van der Waals surface area contributed by atoms with E-state index in [0.717, 1.165) is 28.6 Å². The number of hydrogen-bond donors (Lipinski definition) is 2. The number of alkyl halides is 3. The maximum Gasteiger partial charge on any atom is 0.416 e. The van der Waals surface area contributed by atoms with Gasteiger partial charge >= 0.3 is 6.18 Å². The molecule has 0 radical (unpaired) electrons. The van der Waals surface area contributed by atoms with Gasteiger partial charge < -0.3 is 10.2 Å². The van der Waals surface area contributed by atoms with Gasteiger partial charge in [-0.25, -0.2) is 4.98 Å². The Morgan fingerprint density at radius 1 is 0.796 bits per heavy atom. The fourth-order valence-corrected chi connectivity index (χ4v) is 5.55. The Morgan fingerprint density at radius 2 is 1.53 bits per heavy atom. The van der Waals surface area contributed by atoms with E-state index in [1.807, 2.05) is 72.8 Å². The first-order chi connectivity index (χ1) is 23.7. The number of halogens is 3. The molecule has 0 fully saturated rings. The lowest BCUT2D eigenvalue weighted by Gasteiger charge is -2.24. The number of nitrogens with zero attached hydrogens (tertiary/aromatic N) is 3. The molecule has 2 N–H and O–H groups in total. The van der Waals surface area contributed by atoms with E-state index in [1.165, 1.54) is 12.1 Å². The van der Waals surface area contributed by atoms with Crippen LogP contribution in [0.25, 0.3) is 22.0 Å². The van der Waals surface area contributed by atoms with Gasteiger partial charge in [0, 0.05) is 37.3 Å². The van der Waals surface area contributed by atoms with Crippen molar-refractivity contribution in [3.63, 3.8) is 0 Å². The van der Waals surface area contributed by atoms with Crippen molar-refractivity contribution in [1.29, 1.82) is 0 Å². The minimum atomic E-state index is -4.45. The van der Waals surface area contributed by atoms with Crippen LogP contribution < -0.4 is 10.6 Å². The first-order valence-corrected chi connectivity index (χ1v) is 15.6. The summed E-state index contributed by atoms with van der Waals surface area (Å²) < 4.78 is 39.2. The summed E-state index contributed by atoms with van der Waals surface area (Å²) in [7, 11) is 1.78. The lowest BCUT2D eigenvalue weighted by atomic mass is 9.98. The van der Waals surface area contributed by atoms with Crippen LogP contribution in [0.2, 0.25) is 0 Å². The van der Waals surface area contributed by atoms with E-state index in [0.29, 0.717) is 46.8 Å². The molecule has 246 valence electrons. The second kappa shape index (κ2) is 14.5. The van der Waals surface area contributed by atoms with Gasteiger partial charge in [0.15, 0.2) is 0 Å². The summed E-state index contributed by atoms with van der Waals surface area (Å²) in [6, 6.07) is 35.3. The molecule has 7 nitrogen and oxygen atoms in total. The topological polar surface area (TPSA) is 87.2 Å². The van der Waals surface area contributed by atoms with Crippen molar-refractivity contribution in [3.8, 4) is 11.1 Å². The Labute approximate surface area is 281 Å². The van der Waals surface area contributed by atoms with Crippen LogP contribution in [0.1, 0.15) is 38.8 Å². The van der Waals surface area contributed by atoms with E-state index < -0.39 is 23.7 Å². The quantitative estimate of drug-likeness (QED) is 0.155. The van der Waals surface area contributed by atoms with E-state index in [-0.39, 0.29) is 5.91 Å². The summed E-state index contributed by atoms with van der Waals surface area (Å²) in [4.78, 5) is 37.7. The number of carbonyl (C=O) groups excluding carboxylic acids is 2. The Morgan fingerprint density at radius 3 is 2.27 bits per heavy atom. The summed E-state index contributed by atoms with van der Waals surface area (Å²) in [5.74, 6) is -0.219. The second-order valence-electron chi connectivity index (χ2n) is 11.5. The van der Waals surface area contributed by atoms with E-state index in [9.17, 15) is 22.8 Å². The van der Waals surface area contributed by atoms with Crippen LogP contribution in [0, 0.1) is 0 Å². The lowest BCUT2D eigenvalue weighted by Crippen LogP contribution is -2.38. The van der Waals surface area contributed by atoms with E-state index >= 15 is 0 Å². The van der Waals surface area contributed by atoms with Gasteiger partial charge in [-0.2, -0.15) is 13.2 Å². The summed E-state index contributed by atoms with van der Waals surface area (Å²) >= 11 is 0. The number of aromatic nitrogens is 2. The van der Waals surface area contributed by atoms with Crippen LogP contribution in [0.4, 0.5) is 19.0 Å². The van der Waals surface area contributed by atoms with Crippen LogP contribution in [0.3, 0.4) is 0 Å². The third-order valence-corrected chi connectivity index (χ3v) is 8.07. The Bertz CT molecular complexity index is 2070. The predicted molar refractivity (Wildman–Crippen MR) is 183 cm³/mol. The molecular weight excluding hydrogens is 627 g/mol. The van der Waals surface area contributed by atoms with Gasteiger partial charge in [0.25, 0.3) is 5.91 Å². The number of likely N-dealkylation sites (N-methyl/N-ethyl adjacent to an activating group) is 1. The van der Waals surface area contributed by atoms with E-state index in [2.05, 4.69) is 20.6 Å². The highest BCUT2D eigenvalue weighted by Gasteiger charge is 2.30. The Balaban J connectivity index is 1.15. The molecule has 4 aromatic carbocycles. The van der Waals surface area contributed by atoms with E-state index in [4.69, 9.17) is 0 Å². The predicted octanol–water partition coefficient (Wildman–Crippen LogP) is 8.06. The molecule has 1 atom stereocenters. The van der Waals surface area contributed by atoms with Crippen molar-refractivity contribution in [2.75, 3.05) is 12.4 Å². The zero-order valence-corrected chi connectivity index (χ0v) is 26.5. The van der Waals surface area contributed by atoms with Crippen molar-refractivity contribution in [3.05, 3.63) is 162 Å². The molecule has 0 saturated carbocycles. The number of benzene rings is 4. The SMILES string of the molecule is CN(Cc1ccccc1)C(=O)[C@@H](NCc1ccc2nc(NC(=O)c3ccccc3-c3ccc(C(F)(F)F)cc3)ccc2c1)c1ccccn1. The molecule has 2 heterocycles. The Kier molecular flexibility index (Phi) is 9.77. The van der Waals surface area contributed by atoms with Crippen molar-refractivity contribution in [2.24, 2.45) is 0 Å². The summed E-state index contributed by atoms with van der Waals surface area (Å²) in [5, 5.41) is 7.04. The third kappa shape index (κ3) is 7.99. The van der Waals surface area contributed by atoms with Crippen LogP contribution in [0.5, 0.6) is 0 Å². The second-order valence-corrected chi connectivity index (χ2v) is 11.5. The van der Waals surface area contributed by atoms with Crippen molar-refractivity contribution in [2.45, 2.75) is 25.3 Å². The minimum absolute atomic E-state index is 0.106. The molecule has 0 spiro atoms. The van der Waals surface area contributed by atoms with Gasteiger partial charge in [-0.1, -0.05) is 72.8 Å².